The number of hydrogen-bond acceptors (Lipinski definition) is 6. The number of nitrogens with two attached hydrogens (primary N) is 1. The van der Waals surface area contributed by atoms with Crippen molar-refractivity contribution in [1.82, 2.24) is 15.2 Å². The van der Waals surface area contributed by atoms with Crippen molar-refractivity contribution in [1.29, 1.82) is 0 Å². The summed E-state index contributed by atoms with van der Waals surface area (Å²) in [4.78, 5) is 24.5. The molecule has 8 nitrogen and oxygen atoms in total. The summed E-state index contributed by atoms with van der Waals surface area (Å²) in [7, 11) is 0. The molecule has 0 radical (unpaired) electrons. The zero-order valence-electron chi connectivity index (χ0n) is 10.4. The first-order chi connectivity index (χ1) is 9.09. The first-order valence-corrected chi connectivity index (χ1v) is 6.20. The molecule has 0 saturated carbocycles. The lowest BCUT2D eigenvalue weighted by molar-refractivity contribution is -0.137. The minimum absolute atomic E-state index is 0.00206. The molecule has 1 amide bonds. The number of carbonyl (C=O) groups is 2. The van der Waals surface area contributed by atoms with Gasteiger partial charge in [0.05, 0.1) is 0 Å². The Balaban J connectivity index is 2.08. The summed E-state index contributed by atoms with van der Waals surface area (Å²) in [5, 5.41) is 15.6. The van der Waals surface area contributed by atoms with E-state index in [1.807, 2.05) is 0 Å². The minimum Gasteiger partial charge on any atom is -0.481 e. The lowest BCUT2D eigenvalue weighted by Gasteiger charge is -2.35. The van der Waals surface area contributed by atoms with Crippen LogP contribution >= 0.6 is 0 Å². The van der Waals surface area contributed by atoms with Gasteiger partial charge in [-0.15, -0.1) is 0 Å². The van der Waals surface area contributed by atoms with Crippen molar-refractivity contribution in [3.05, 3.63) is 5.69 Å². The molecule has 0 spiro atoms. The molecule has 0 aliphatic carbocycles. The van der Waals surface area contributed by atoms with E-state index in [9.17, 15) is 9.59 Å². The van der Waals surface area contributed by atoms with Crippen molar-refractivity contribution >= 4 is 17.7 Å². The predicted molar refractivity (Wildman–Crippen MR) is 64.3 cm³/mol. The predicted octanol–water partition coefficient (Wildman–Crippen LogP) is 0.511. The fraction of sp³-hybridized carbons (Fsp3) is 0.636. The van der Waals surface area contributed by atoms with E-state index in [1.54, 1.807) is 4.90 Å². The molecule has 1 fully saturated rings. The second kappa shape index (κ2) is 5.68. The van der Waals surface area contributed by atoms with Crippen LogP contribution in [0.3, 0.4) is 0 Å². The summed E-state index contributed by atoms with van der Waals surface area (Å²) < 4.78 is 4.42. The van der Waals surface area contributed by atoms with Crippen molar-refractivity contribution < 1.29 is 19.3 Å². The third-order valence-corrected chi connectivity index (χ3v) is 3.30. The lowest BCUT2D eigenvalue weighted by Crippen LogP contribution is -2.44. The average Bonchev–Trinajstić information content (AvgIpc) is 2.82. The van der Waals surface area contributed by atoms with Crippen LogP contribution in [0.1, 0.15) is 42.6 Å². The zero-order valence-corrected chi connectivity index (χ0v) is 10.4. The highest BCUT2D eigenvalue weighted by molar-refractivity contribution is 5.96. The van der Waals surface area contributed by atoms with Crippen LogP contribution in [-0.4, -0.2) is 44.8 Å². The molecule has 2 heterocycles. The number of likely N-dealkylation sites (tertiary alicyclic amines) is 1. The van der Waals surface area contributed by atoms with Gasteiger partial charge >= 0.3 is 5.97 Å². The quantitative estimate of drug-likeness (QED) is 0.815. The molecule has 0 aromatic carbocycles. The Morgan fingerprint density at radius 1 is 1.42 bits per heavy atom. The highest BCUT2D eigenvalue weighted by Crippen LogP contribution is 2.23. The Bertz CT molecular complexity index is 473. The second-order valence-electron chi connectivity index (χ2n) is 4.58. The fourth-order valence-corrected chi connectivity index (χ4v) is 2.34. The van der Waals surface area contributed by atoms with Crippen LogP contribution in [0.2, 0.25) is 0 Å². The van der Waals surface area contributed by atoms with Gasteiger partial charge in [-0.25, -0.2) is 4.63 Å². The van der Waals surface area contributed by atoms with Gasteiger partial charge in [0, 0.05) is 19.0 Å². The summed E-state index contributed by atoms with van der Waals surface area (Å²) in [6.45, 7) is 0.579. The van der Waals surface area contributed by atoms with Crippen molar-refractivity contribution in [2.45, 2.75) is 38.1 Å². The molecule has 19 heavy (non-hydrogen) atoms. The summed E-state index contributed by atoms with van der Waals surface area (Å²) in [6, 6.07) is -0.0894. The molecule has 1 unspecified atom stereocenters. The SMILES string of the molecule is Nc1nonc1C(=O)N1CCCCC1CCC(=O)O. The smallest absolute Gasteiger partial charge is 0.303 e. The van der Waals surface area contributed by atoms with Gasteiger partial charge < -0.3 is 15.7 Å². The number of nitrogens with zero attached hydrogens (tertiary/aromatic N) is 3. The molecular formula is C11H16N4O4. The Morgan fingerprint density at radius 2 is 2.21 bits per heavy atom. The molecule has 2 rings (SSSR count). The number of carboxylic acid groups (broad SMARTS) is 1. The van der Waals surface area contributed by atoms with Gasteiger partial charge in [-0.05, 0) is 36.0 Å². The second-order valence-corrected chi connectivity index (χ2v) is 4.58. The van der Waals surface area contributed by atoms with E-state index in [0.717, 1.165) is 19.3 Å². The van der Waals surface area contributed by atoms with E-state index in [0.29, 0.717) is 13.0 Å². The van der Waals surface area contributed by atoms with Crippen LogP contribution in [0.4, 0.5) is 5.82 Å². The third-order valence-electron chi connectivity index (χ3n) is 3.30. The third kappa shape index (κ3) is 3.01. The van der Waals surface area contributed by atoms with Crippen LogP contribution in [0.5, 0.6) is 0 Å². The van der Waals surface area contributed by atoms with Gasteiger partial charge in [0.1, 0.15) is 0 Å². The Morgan fingerprint density at radius 3 is 2.84 bits per heavy atom. The number of nitrogen functional groups attached to an aromatic ring is 1. The Labute approximate surface area is 109 Å². The molecule has 1 saturated heterocycles. The number of carboxylic acids is 1. The number of rotatable bonds is 4. The summed E-state index contributed by atoms with van der Waals surface area (Å²) in [6.07, 6.45) is 3.15. The van der Waals surface area contributed by atoms with Crippen molar-refractivity contribution in [3.63, 3.8) is 0 Å². The first kappa shape index (κ1) is 13.3. The molecule has 0 bridgehead atoms. The number of piperidine rings is 1. The molecule has 1 aliphatic heterocycles. The van der Waals surface area contributed by atoms with Gasteiger partial charge in [-0.3, -0.25) is 9.59 Å². The van der Waals surface area contributed by atoms with Crippen molar-refractivity contribution in [3.8, 4) is 0 Å². The molecule has 1 aromatic rings. The number of amides is 1. The summed E-state index contributed by atoms with van der Waals surface area (Å²) in [5.41, 5.74) is 5.51. The van der Waals surface area contributed by atoms with Crippen molar-refractivity contribution in [2.24, 2.45) is 0 Å². The maximum Gasteiger partial charge on any atom is 0.303 e. The molecule has 1 atom stereocenters. The topological polar surface area (TPSA) is 123 Å². The maximum absolute atomic E-state index is 12.3. The van der Waals surface area contributed by atoms with Crippen LogP contribution in [0.25, 0.3) is 0 Å². The van der Waals surface area contributed by atoms with Gasteiger partial charge in [-0.1, -0.05) is 0 Å². The van der Waals surface area contributed by atoms with E-state index in [1.165, 1.54) is 0 Å². The molecular weight excluding hydrogens is 252 g/mol. The van der Waals surface area contributed by atoms with Gasteiger partial charge in [0.25, 0.3) is 5.91 Å². The lowest BCUT2D eigenvalue weighted by atomic mass is 9.97. The summed E-state index contributed by atoms with van der Waals surface area (Å²) in [5.74, 6) is -1.23. The number of aromatic nitrogens is 2. The normalized spacial score (nSPS) is 19.4. The number of aliphatic carboxylic acids is 1. The minimum atomic E-state index is -0.861. The highest BCUT2D eigenvalue weighted by Gasteiger charge is 2.30. The van der Waals surface area contributed by atoms with Gasteiger partial charge in [0.2, 0.25) is 11.5 Å². The Hall–Kier alpha value is -2.12. The molecule has 1 aromatic heterocycles. The van der Waals surface area contributed by atoms with Crippen LogP contribution in [0, 0.1) is 0 Å². The maximum atomic E-state index is 12.3. The molecule has 104 valence electrons. The molecule has 8 heteroatoms. The molecule has 3 N–H and O–H groups in total. The monoisotopic (exact) mass is 268 g/mol. The van der Waals surface area contributed by atoms with E-state index < -0.39 is 5.97 Å². The zero-order chi connectivity index (χ0) is 13.8. The average molecular weight is 268 g/mol. The standard InChI is InChI=1S/C11H16N4O4/c12-10-9(13-19-14-10)11(18)15-6-2-1-3-7(15)4-5-8(16)17/h7H,1-6H2,(H2,12,14)(H,16,17). The summed E-state index contributed by atoms with van der Waals surface area (Å²) >= 11 is 0. The number of carbonyl (C=O) groups excluding carboxylic acids is 1. The van der Waals surface area contributed by atoms with Gasteiger partial charge in [0.15, 0.2) is 0 Å². The van der Waals surface area contributed by atoms with Gasteiger partial charge in [-0.2, -0.15) is 0 Å². The van der Waals surface area contributed by atoms with Crippen molar-refractivity contribution in [2.75, 3.05) is 12.3 Å². The fourth-order valence-electron chi connectivity index (χ4n) is 2.34. The van der Waals surface area contributed by atoms with Crippen LogP contribution in [0.15, 0.2) is 4.63 Å². The number of anilines is 1. The highest BCUT2D eigenvalue weighted by atomic mass is 16.6. The van der Waals surface area contributed by atoms with E-state index in [4.69, 9.17) is 10.8 Å². The van der Waals surface area contributed by atoms with Crippen LogP contribution in [-0.2, 0) is 4.79 Å². The van der Waals surface area contributed by atoms with E-state index in [-0.39, 0.29) is 29.9 Å². The van der Waals surface area contributed by atoms with Crippen LogP contribution < -0.4 is 5.73 Å². The first-order valence-electron chi connectivity index (χ1n) is 6.20. The largest absolute Gasteiger partial charge is 0.481 e. The number of hydrogen-bond donors (Lipinski definition) is 2. The van der Waals surface area contributed by atoms with E-state index in [2.05, 4.69) is 14.9 Å². The van der Waals surface area contributed by atoms with E-state index >= 15 is 0 Å². The Kier molecular flexibility index (Phi) is 3.98. The molecule has 1 aliphatic rings.